The lowest BCUT2D eigenvalue weighted by atomic mass is 10.2. The van der Waals surface area contributed by atoms with Crippen LogP contribution in [0.1, 0.15) is 5.56 Å². The fourth-order valence-electron chi connectivity index (χ4n) is 2.99. The van der Waals surface area contributed by atoms with Crippen molar-refractivity contribution in [2.45, 2.75) is 11.4 Å². The van der Waals surface area contributed by atoms with E-state index < -0.39 is 10.0 Å². The number of rotatable bonds is 5. The molecule has 0 N–H and O–H groups in total. The Hall–Kier alpha value is -1.60. The molecule has 1 heterocycles. The molecule has 1 saturated heterocycles. The Kier molecular flexibility index (Phi) is 5.64. The molecule has 1 aliphatic rings. The van der Waals surface area contributed by atoms with Crippen LogP contribution in [0.15, 0.2) is 53.4 Å². The molecule has 5 nitrogen and oxygen atoms in total. The van der Waals surface area contributed by atoms with Gasteiger partial charge in [0, 0.05) is 37.7 Å². The van der Waals surface area contributed by atoms with Gasteiger partial charge in [0.05, 0.1) is 7.11 Å². The summed E-state index contributed by atoms with van der Waals surface area (Å²) in [7, 11) is -2.06. The van der Waals surface area contributed by atoms with Crippen LogP contribution in [-0.2, 0) is 16.6 Å². The van der Waals surface area contributed by atoms with Crippen LogP contribution in [0.5, 0.6) is 5.75 Å². The molecule has 0 saturated carbocycles. The maximum Gasteiger partial charge on any atom is 0.246 e. The molecule has 0 spiro atoms. The van der Waals surface area contributed by atoms with Crippen LogP contribution in [0.25, 0.3) is 0 Å². The van der Waals surface area contributed by atoms with Crippen molar-refractivity contribution in [2.75, 3.05) is 33.3 Å². The van der Waals surface area contributed by atoms with Gasteiger partial charge in [-0.15, -0.1) is 0 Å². The lowest BCUT2D eigenvalue weighted by Gasteiger charge is -2.34. The normalized spacial score (nSPS) is 16.7. The fourth-order valence-corrected chi connectivity index (χ4v) is 4.78. The summed E-state index contributed by atoms with van der Waals surface area (Å²) in [5.41, 5.74) is 1.13. The standard InChI is InChI=1S/C18H21ClN2O3S/c1-24-17-7-2-3-8-18(17)25(22,23)21-11-9-20(10-12-21)14-15-5-4-6-16(19)13-15/h2-8,13H,9-12,14H2,1H3. The van der Waals surface area contributed by atoms with Crippen LogP contribution in [0.3, 0.4) is 0 Å². The maximum absolute atomic E-state index is 12.9. The lowest BCUT2D eigenvalue weighted by molar-refractivity contribution is 0.181. The minimum atomic E-state index is -3.55. The summed E-state index contributed by atoms with van der Waals surface area (Å²) >= 11 is 6.02. The maximum atomic E-state index is 12.9. The fraction of sp³-hybridized carbons (Fsp3) is 0.333. The highest BCUT2D eigenvalue weighted by Crippen LogP contribution is 2.27. The molecule has 0 unspecified atom stereocenters. The first-order valence-electron chi connectivity index (χ1n) is 8.10. The Balaban J connectivity index is 1.67. The molecule has 0 bridgehead atoms. The number of para-hydroxylation sites is 1. The van der Waals surface area contributed by atoms with Gasteiger partial charge in [0.15, 0.2) is 0 Å². The average Bonchev–Trinajstić information content (AvgIpc) is 2.62. The molecule has 1 aliphatic heterocycles. The van der Waals surface area contributed by atoms with Gasteiger partial charge in [-0.3, -0.25) is 4.90 Å². The highest BCUT2D eigenvalue weighted by Gasteiger charge is 2.30. The first-order valence-corrected chi connectivity index (χ1v) is 9.92. The Bertz CT molecular complexity index is 834. The number of piperazine rings is 1. The van der Waals surface area contributed by atoms with E-state index in [1.165, 1.54) is 11.4 Å². The largest absolute Gasteiger partial charge is 0.495 e. The van der Waals surface area contributed by atoms with Gasteiger partial charge in [0.1, 0.15) is 10.6 Å². The molecular formula is C18H21ClN2O3S. The SMILES string of the molecule is COc1ccccc1S(=O)(=O)N1CCN(Cc2cccc(Cl)c2)CC1. The van der Waals surface area contributed by atoms with Gasteiger partial charge in [-0.1, -0.05) is 35.9 Å². The number of benzene rings is 2. The van der Waals surface area contributed by atoms with Crippen LogP contribution in [0.4, 0.5) is 0 Å². The number of sulfonamides is 1. The quantitative estimate of drug-likeness (QED) is 0.800. The Morgan fingerprint density at radius 3 is 2.44 bits per heavy atom. The first kappa shape index (κ1) is 18.2. The second-order valence-electron chi connectivity index (χ2n) is 5.96. The number of nitrogens with zero attached hydrogens (tertiary/aromatic N) is 2. The van der Waals surface area contributed by atoms with Crippen LogP contribution in [0, 0.1) is 0 Å². The summed E-state index contributed by atoms with van der Waals surface area (Å²) in [6.45, 7) is 3.05. The zero-order chi connectivity index (χ0) is 17.9. The average molecular weight is 381 g/mol. The first-order chi connectivity index (χ1) is 12.0. The molecule has 7 heteroatoms. The highest BCUT2D eigenvalue weighted by atomic mass is 35.5. The van der Waals surface area contributed by atoms with Crippen LogP contribution in [0.2, 0.25) is 5.02 Å². The van der Waals surface area contributed by atoms with Crippen molar-refractivity contribution < 1.29 is 13.2 Å². The Labute approximate surface area is 153 Å². The third-order valence-electron chi connectivity index (χ3n) is 4.31. The predicted octanol–water partition coefficient (Wildman–Crippen LogP) is 2.86. The zero-order valence-electron chi connectivity index (χ0n) is 14.1. The zero-order valence-corrected chi connectivity index (χ0v) is 15.6. The van der Waals surface area contributed by atoms with E-state index in [1.807, 2.05) is 24.3 Å². The number of ether oxygens (including phenoxy) is 1. The van der Waals surface area contributed by atoms with Crippen molar-refractivity contribution >= 4 is 21.6 Å². The second-order valence-corrected chi connectivity index (χ2v) is 8.30. The van der Waals surface area contributed by atoms with Gasteiger partial charge >= 0.3 is 0 Å². The Morgan fingerprint density at radius 1 is 1.04 bits per heavy atom. The van der Waals surface area contributed by atoms with Gasteiger partial charge in [0.2, 0.25) is 10.0 Å². The Morgan fingerprint density at radius 2 is 1.76 bits per heavy atom. The van der Waals surface area contributed by atoms with E-state index >= 15 is 0 Å². The van der Waals surface area contributed by atoms with Gasteiger partial charge in [-0.2, -0.15) is 4.31 Å². The molecule has 3 rings (SSSR count). The summed E-state index contributed by atoms with van der Waals surface area (Å²) in [6, 6.07) is 14.5. The van der Waals surface area contributed by atoms with Crippen LogP contribution >= 0.6 is 11.6 Å². The van der Waals surface area contributed by atoms with Gasteiger partial charge in [0.25, 0.3) is 0 Å². The second kappa shape index (κ2) is 7.74. The summed E-state index contributed by atoms with van der Waals surface area (Å²) in [6.07, 6.45) is 0. The molecule has 2 aromatic carbocycles. The topological polar surface area (TPSA) is 49.9 Å². The van der Waals surface area contributed by atoms with Gasteiger partial charge in [-0.25, -0.2) is 8.42 Å². The van der Waals surface area contributed by atoms with Crippen molar-refractivity contribution in [3.05, 3.63) is 59.1 Å². The van der Waals surface area contributed by atoms with E-state index in [-0.39, 0.29) is 4.90 Å². The van der Waals surface area contributed by atoms with Crippen molar-refractivity contribution in [1.82, 2.24) is 9.21 Å². The molecule has 25 heavy (non-hydrogen) atoms. The predicted molar refractivity (Wildman–Crippen MR) is 98.5 cm³/mol. The smallest absolute Gasteiger partial charge is 0.246 e. The third-order valence-corrected chi connectivity index (χ3v) is 6.49. The monoisotopic (exact) mass is 380 g/mol. The summed E-state index contributed by atoms with van der Waals surface area (Å²) < 4.78 is 32.5. The molecule has 0 aliphatic carbocycles. The number of hydrogen-bond acceptors (Lipinski definition) is 4. The summed E-state index contributed by atoms with van der Waals surface area (Å²) in [5, 5.41) is 0.717. The molecule has 0 aromatic heterocycles. The van der Waals surface area contributed by atoms with E-state index in [2.05, 4.69) is 4.90 Å². The summed E-state index contributed by atoms with van der Waals surface area (Å²) in [4.78, 5) is 2.46. The molecule has 134 valence electrons. The summed E-state index contributed by atoms with van der Waals surface area (Å²) in [5.74, 6) is 0.379. The van der Waals surface area contributed by atoms with E-state index in [4.69, 9.17) is 16.3 Å². The number of methoxy groups -OCH3 is 1. The van der Waals surface area contributed by atoms with E-state index in [0.717, 1.165) is 17.1 Å². The molecule has 1 fully saturated rings. The van der Waals surface area contributed by atoms with E-state index in [0.29, 0.717) is 31.9 Å². The van der Waals surface area contributed by atoms with Gasteiger partial charge in [-0.05, 0) is 29.8 Å². The van der Waals surface area contributed by atoms with Gasteiger partial charge < -0.3 is 4.74 Å². The highest BCUT2D eigenvalue weighted by molar-refractivity contribution is 7.89. The van der Waals surface area contributed by atoms with E-state index in [9.17, 15) is 8.42 Å². The van der Waals surface area contributed by atoms with Crippen LogP contribution < -0.4 is 4.74 Å². The van der Waals surface area contributed by atoms with E-state index in [1.54, 1.807) is 24.3 Å². The number of halogens is 1. The van der Waals surface area contributed by atoms with Crippen molar-refractivity contribution in [3.63, 3.8) is 0 Å². The third kappa shape index (κ3) is 4.15. The number of hydrogen-bond donors (Lipinski definition) is 0. The minimum absolute atomic E-state index is 0.223. The molecular weight excluding hydrogens is 360 g/mol. The van der Waals surface area contributed by atoms with Crippen LogP contribution in [-0.4, -0.2) is 50.9 Å². The van der Waals surface area contributed by atoms with Crippen molar-refractivity contribution in [3.8, 4) is 5.75 Å². The minimum Gasteiger partial charge on any atom is -0.495 e. The lowest BCUT2D eigenvalue weighted by Crippen LogP contribution is -2.48. The molecule has 0 radical (unpaired) electrons. The molecule has 0 amide bonds. The van der Waals surface area contributed by atoms with Crippen molar-refractivity contribution in [1.29, 1.82) is 0 Å². The molecule has 2 aromatic rings. The van der Waals surface area contributed by atoms with Crippen molar-refractivity contribution in [2.24, 2.45) is 0 Å². The molecule has 0 atom stereocenters.